The third kappa shape index (κ3) is 4.23. The van der Waals surface area contributed by atoms with Crippen LogP contribution in [0.3, 0.4) is 0 Å². The van der Waals surface area contributed by atoms with Crippen molar-refractivity contribution in [3.63, 3.8) is 0 Å². The number of nitrogens with two attached hydrogens (primary N) is 1. The predicted molar refractivity (Wildman–Crippen MR) is 87.3 cm³/mol. The van der Waals surface area contributed by atoms with Crippen molar-refractivity contribution in [3.8, 4) is 0 Å². The summed E-state index contributed by atoms with van der Waals surface area (Å²) in [6.45, 7) is 3.33. The Labute approximate surface area is 130 Å². The molecule has 0 aromatic heterocycles. The van der Waals surface area contributed by atoms with Gasteiger partial charge in [-0.1, -0.05) is 36.7 Å². The number of rotatable bonds is 5. The van der Waals surface area contributed by atoms with E-state index in [2.05, 4.69) is 6.92 Å². The monoisotopic (exact) mass is 302 g/mol. The molecule has 0 aliphatic heterocycles. The molecule has 0 radical (unpaired) electrons. The fourth-order valence-corrected chi connectivity index (χ4v) is 2.36. The fourth-order valence-electron chi connectivity index (χ4n) is 2.17. The van der Waals surface area contributed by atoms with Gasteiger partial charge < -0.3 is 10.6 Å². The van der Waals surface area contributed by atoms with Crippen LogP contribution < -0.4 is 5.73 Å². The third-order valence-electron chi connectivity index (χ3n) is 3.21. The lowest BCUT2D eigenvalue weighted by molar-refractivity contribution is 0.0743. The van der Waals surface area contributed by atoms with Crippen molar-refractivity contribution in [2.24, 2.45) is 0 Å². The van der Waals surface area contributed by atoms with Gasteiger partial charge in [0.2, 0.25) is 0 Å². The van der Waals surface area contributed by atoms with E-state index in [1.165, 1.54) is 0 Å². The van der Waals surface area contributed by atoms with E-state index in [4.69, 9.17) is 17.3 Å². The highest BCUT2D eigenvalue weighted by Crippen LogP contribution is 2.15. The Morgan fingerprint density at radius 2 is 1.90 bits per heavy atom. The van der Waals surface area contributed by atoms with Crippen molar-refractivity contribution in [2.75, 3.05) is 12.3 Å². The van der Waals surface area contributed by atoms with E-state index >= 15 is 0 Å². The predicted octanol–water partition coefficient (Wildman–Crippen LogP) is 3.97. The van der Waals surface area contributed by atoms with E-state index in [0.29, 0.717) is 23.7 Å². The van der Waals surface area contributed by atoms with Crippen LogP contribution in [-0.2, 0) is 6.54 Å². The van der Waals surface area contributed by atoms with Crippen molar-refractivity contribution < 1.29 is 4.79 Å². The van der Waals surface area contributed by atoms with Gasteiger partial charge in [-0.2, -0.15) is 0 Å². The molecule has 2 N–H and O–H groups in total. The Kier molecular flexibility index (Phi) is 5.23. The van der Waals surface area contributed by atoms with Crippen LogP contribution >= 0.6 is 11.6 Å². The summed E-state index contributed by atoms with van der Waals surface area (Å²) < 4.78 is 0. The van der Waals surface area contributed by atoms with Crippen LogP contribution in [-0.4, -0.2) is 17.4 Å². The minimum Gasteiger partial charge on any atom is -0.399 e. The smallest absolute Gasteiger partial charge is 0.254 e. The molecule has 0 aliphatic rings. The summed E-state index contributed by atoms with van der Waals surface area (Å²) in [5, 5.41) is 0.574. The van der Waals surface area contributed by atoms with Gasteiger partial charge in [0.15, 0.2) is 0 Å². The second kappa shape index (κ2) is 7.14. The normalized spacial score (nSPS) is 10.4. The zero-order valence-electron chi connectivity index (χ0n) is 12.1. The maximum Gasteiger partial charge on any atom is 0.254 e. The van der Waals surface area contributed by atoms with Gasteiger partial charge >= 0.3 is 0 Å². The average Bonchev–Trinajstić information content (AvgIpc) is 2.48. The maximum absolute atomic E-state index is 12.6. The Balaban J connectivity index is 2.18. The number of halogens is 1. The molecule has 0 saturated carbocycles. The van der Waals surface area contributed by atoms with Gasteiger partial charge in [-0.05, 0) is 42.3 Å². The molecule has 0 aliphatic carbocycles. The van der Waals surface area contributed by atoms with E-state index < -0.39 is 0 Å². The molecule has 0 heterocycles. The summed E-state index contributed by atoms with van der Waals surface area (Å²) in [6.07, 6.45) is 0.904. The highest BCUT2D eigenvalue weighted by atomic mass is 35.5. The highest BCUT2D eigenvalue weighted by Gasteiger charge is 2.15. The largest absolute Gasteiger partial charge is 0.399 e. The molecule has 110 valence electrons. The van der Waals surface area contributed by atoms with E-state index in [1.807, 2.05) is 29.2 Å². The van der Waals surface area contributed by atoms with Gasteiger partial charge in [0.1, 0.15) is 0 Å². The standard InChI is InChI=1S/C17H19ClN2O/c1-2-10-20(12-13-6-8-16(19)9-7-13)17(21)14-4-3-5-15(18)11-14/h3-9,11H,2,10,12,19H2,1H3. The summed E-state index contributed by atoms with van der Waals surface area (Å²) in [7, 11) is 0. The van der Waals surface area contributed by atoms with E-state index in [0.717, 1.165) is 17.7 Å². The molecule has 0 atom stereocenters. The van der Waals surface area contributed by atoms with Crippen molar-refractivity contribution >= 4 is 23.2 Å². The molecule has 0 spiro atoms. The Hall–Kier alpha value is -2.00. The maximum atomic E-state index is 12.6. The lowest BCUT2D eigenvalue weighted by Crippen LogP contribution is -2.31. The number of hydrogen-bond donors (Lipinski definition) is 1. The van der Waals surface area contributed by atoms with E-state index in [1.54, 1.807) is 24.3 Å². The number of amides is 1. The summed E-state index contributed by atoms with van der Waals surface area (Å²) in [5.74, 6) is -0.00354. The second-order valence-corrected chi connectivity index (χ2v) is 5.42. The molecule has 2 aromatic rings. The molecule has 2 rings (SSSR count). The molecule has 21 heavy (non-hydrogen) atoms. The molecular weight excluding hydrogens is 284 g/mol. The highest BCUT2D eigenvalue weighted by molar-refractivity contribution is 6.30. The van der Waals surface area contributed by atoms with Crippen molar-refractivity contribution in [3.05, 3.63) is 64.7 Å². The molecule has 0 fully saturated rings. The molecule has 4 heteroatoms. The summed E-state index contributed by atoms with van der Waals surface area (Å²) in [4.78, 5) is 14.4. The van der Waals surface area contributed by atoms with Gasteiger partial charge in [0.05, 0.1) is 0 Å². The quantitative estimate of drug-likeness (QED) is 0.849. The molecule has 0 saturated heterocycles. The molecule has 0 unspecified atom stereocenters. The molecule has 2 aromatic carbocycles. The molecule has 0 bridgehead atoms. The SMILES string of the molecule is CCCN(Cc1ccc(N)cc1)C(=O)c1cccc(Cl)c1. The second-order valence-electron chi connectivity index (χ2n) is 4.98. The van der Waals surface area contributed by atoms with Crippen molar-refractivity contribution in [1.29, 1.82) is 0 Å². The summed E-state index contributed by atoms with van der Waals surface area (Å²) in [5.41, 5.74) is 8.09. The van der Waals surface area contributed by atoms with Gasteiger partial charge in [0, 0.05) is 29.4 Å². The number of benzene rings is 2. The van der Waals surface area contributed by atoms with Crippen LogP contribution in [0.15, 0.2) is 48.5 Å². The van der Waals surface area contributed by atoms with Gasteiger partial charge in [-0.3, -0.25) is 4.79 Å². The lowest BCUT2D eigenvalue weighted by atomic mass is 10.1. The fraction of sp³-hybridized carbons (Fsp3) is 0.235. The van der Waals surface area contributed by atoms with Gasteiger partial charge in [0.25, 0.3) is 5.91 Å². The molecule has 3 nitrogen and oxygen atoms in total. The van der Waals surface area contributed by atoms with Crippen LogP contribution in [0.5, 0.6) is 0 Å². The summed E-state index contributed by atoms with van der Waals surface area (Å²) >= 11 is 5.96. The zero-order chi connectivity index (χ0) is 15.2. The first-order chi connectivity index (χ1) is 10.1. The Morgan fingerprint density at radius 1 is 1.19 bits per heavy atom. The number of anilines is 1. The van der Waals surface area contributed by atoms with Crippen molar-refractivity contribution in [1.82, 2.24) is 4.90 Å². The topological polar surface area (TPSA) is 46.3 Å². The van der Waals surface area contributed by atoms with Crippen LogP contribution in [0.2, 0.25) is 5.02 Å². The minimum atomic E-state index is -0.00354. The minimum absolute atomic E-state index is 0.00354. The number of hydrogen-bond acceptors (Lipinski definition) is 2. The van der Waals surface area contributed by atoms with Crippen LogP contribution in [0.1, 0.15) is 29.3 Å². The number of nitrogens with zero attached hydrogens (tertiary/aromatic N) is 1. The summed E-state index contributed by atoms with van der Waals surface area (Å²) in [6, 6.07) is 14.7. The lowest BCUT2D eigenvalue weighted by Gasteiger charge is -2.22. The van der Waals surface area contributed by atoms with Gasteiger partial charge in [-0.15, -0.1) is 0 Å². The van der Waals surface area contributed by atoms with Crippen LogP contribution in [0.25, 0.3) is 0 Å². The first-order valence-electron chi connectivity index (χ1n) is 6.99. The first-order valence-corrected chi connectivity index (χ1v) is 7.37. The average molecular weight is 303 g/mol. The van der Waals surface area contributed by atoms with Gasteiger partial charge in [-0.25, -0.2) is 0 Å². The number of nitrogen functional groups attached to an aromatic ring is 1. The van der Waals surface area contributed by atoms with E-state index in [9.17, 15) is 4.79 Å². The molecular formula is C17H19ClN2O. The van der Waals surface area contributed by atoms with Crippen molar-refractivity contribution in [2.45, 2.75) is 19.9 Å². The molecule has 1 amide bonds. The van der Waals surface area contributed by atoms with Crippen LogP contribution in [0.4, 0.5) is 5.69 Å². The van der Waals surface area contributed by atoms with E-state index in [-0.39, 0.29) is 5.91 Å². The third-order valence-corrected chi connectivity index (χ3v) is 3.44. The zero-order valence-corrected chi connectivity index (χ0v) is 12.8. The number of carbonyl (C=O) groups is 1. The first kappa shape index (κ1) is 15.4. The Morgan fingerprint density at radius 3 is 2.52 bits per heavy atom. The number of carbonyl (C=O) groups excluding carboxylic acids is 1. The van der Waals surface area contributed by atoms with Crippen LogP contribution in [0, 0.1) is 0 Å². The Bertz CT molecular complexity index is 610.